The molecule has 4 nitrogen and oxygen atoms in total. The Morgan fingerprint density at radius 2 is 1.07 bits per heavy atom. The van der Waals surface area contributed by atoms with Gasteiger partial charge in [0.15, 0.2) is 0 Å². The van der Waals surface area contributed by atoms with E-state index in [9.17, 15) is 0 Å². The van der Waals surface area contributed by atoms with Gasteiger partial charge in [-0.15, -0.1) is 11.8 Å². The molecule has 43 heavy (non-hydrogen) atoms. The van der Waals surface area contributed by atoms with Gasteiger partial charge < -0.3 is 9.47 Å². The highest BCUT2D eigenvalue weighted by molar-refractivity contribution is 7.98. The molecular formula is C36H28Cl2N2O2S. The molecule has 0 bridgehead atoms. The van der Waals surface area contributed by atoms with Gasteiger partial charge in [-0.3, -0.25) is 0 Å². The number of rotatable bonds is 6. The lowest BCUT2D eigenvalue weighted by Crippen LogP contribution is -1.89. The second kappa shape index (κ2) is 14.7. The minimum atomic E-state index is 0.393. The topological polar surface area (TPSA) is 66.0 Å². The second-order valence-corrected chi connectivity index (χ2v) is 11.4. The number of nitrogens with zero attached hydrogens (tertiary/aromatic N) is 2. The number of thioether (sulfide) groups is 1. The molecule has 214 valence electrons. The summed E-state index contributed by atoms with van der Waals surface area (Å²) < 4.78 is 11.7. The lowest BCUT2D eigenvalue weighted by molar-refractivity contribution is 0.478. The van der Waals surface area contributed by atoms with E-state index in [1.807, 2.05) is 56.5 Å². The van der Waals surface area contributed by atoms with Gasteiger partial charge >= 0.3 is 0 Å². The molecule has 0 fully saturated rings. The number of benzene rings is 5. The maximum Gasteiger partial charge on any atom is 0.130 e. The number of hydrogen-bond acceptors (Lipinski definition) is 5. The Labute approximate surface area is 267 Å². The molecule has 0 aliphatic heterocycles. The number of halogens is 2. The van der Waals surface area contributed by atoms with Crippen LogP contribution < -0.4 is 9.47 Å². The third kappa shape index (κ3) is 8.34. The van der Waals surface area contributed by atoms with E-state index < -0.39 is 0 Å². The molecule has 0 amide bonds. The Bertz CT molecular complexity index is 1840. The zero-order valence-electron chi connectivity index (χ0n) is 24.1. The Hall–Kier alpha value is -4.39. The monoisotopic (exact) mass is 622 g/mol. The molecule has 0 saturated carbocycles. The van der Waals surface area contributed by atoms with Crippen LogP contribution in [0.15, 0.2) is 102 Å². The summed E-state index contributed by atoms with van der Waals surface area (Å²) in [6, 6.07) is 34.7. The molecule has 0 radical (unpaired) electrons. The molecule has 5 aromatic carbocycles. The first kappa shape index (κ1) is 31.5. The highest BCUT2D eigenvalue weighted by Crippen LogP contribution is 2.32. The molecule has 0 aliphatic rings. The minimum Gasteiger partial charge on any atom is -0.457 e. The van der Waals surface area contributed by atoms with Gasteiger partial charge in [-0.1, -0.05) is 59.1 Å². The van der Waals surface area contributed by atoms with E-state index in [1.165, 1.54) is 16.0 Å². The second-order valence-electron chi connectivity index (χ2n) is 9.69. The van der Waals surface area contributed by atoms with Gasteiger partial charge in [0.1, 0.15) is 35.1 Å². The van der Waals surface area contributed by atoms with Crippen LogP contribution in [0.3, 0.4) is 0 Å². The first-order chi connectivity index (χ1) is 20.7. The van der Waals surface area contributed by atoms with Crippen molar-refractivity contribution in [2.45, 2.75) is 25.7 Å². The van der Waals surface area contributed by atoms with Crippen LogP contribution in [0.1, 0.15) is 27.8 Å². The third-order valence-electron chi connectivity index (χ3n) is 6.52. The summed E-state index contributed by atoms with van der Waals surface area (Å²) >= 11 is 13.7. The third-order valence-corrected chi connectivity index (χ3v) is 7.87. The van der Waals surface area contributed by atoms with Crippen molar-refractivity contribution in [2.75, 3.05) is 6.26 Å². The normalized spacial score (nSPS) is 10.1. The standard InChI is InChI=1S/C21H16ClNO.C15H12ClNOS/c1-14-3-5-16(6-4-14)17-8-10-21(15(2)11-17)24-19-9-7-18(13-23)20(22)12-19;1-10-7-13(19-2)5-6-15(10)18-12-4-3-11(9-17)14(16)8-12/h3-12H,1-2H3;3-8H,1-2H3. The van der Waals surface area contributed by atoms with Crippen molar-refractivity contribution < 1.29 is 9.47 Å². The zero-order chi connectivity index (χ0) is 30.9. The summed E-state index contributed by atoms with van der Waals surface area (Å²) in [7, 11) is 0. The van der Waals surface area contributed by atoms with E-state index in [1.54, 1.807) is 48.2 Å². The fraction of sp³-hybridized carbons (Fsp3) is 0.111. The molecule has 0 unspecified atom stereocenters. The minimum absolute atomic E-state index is 0.393. The van der Waals surface area contributed by atoms with Crippen LogP contribution in [0.4, 0.5) is 0 Å². The van der Waals surface area contributed by atoms with Crippen LogP contribution in [-0.2, 0) is 0 Å². The van der Waals surface area contributed by atoms with Gasteiger partial charge in [-0.2, -0.15) is 10.5 Å². The molecule has 0 heterocycles. The summed E-state index contributed by atoms with van der Waals surface area (Å²) in [5.74, 6) is 2.80. The van der Waals surface area contributed by atoms with E-state index in [2.05, 4.69) is 43.3 Å². The Balaban J connectivity index is 0.000000203. The summed E-state index contributed by atoms with van der Waals surface area (Å²) in [5.41, 5.74) is 6.56. The summed E-state index contributed by atoms with van der Waals surface area (Å²) in [6.45, 7) is 6.09. The summed E-state index contributed by atoms with van der Waals surface area (Å²) in [4.78, 5) is 1.20. The maximum atomic E-state index is 8.92. The first-order valence-corrected chi connectivity index (χ1v) is 15.3. The lowest BCUT2D eigenvalue weighted by Gasteiger charge is -2.11. The predicted molar refractivity (Wildman–Crippen MR) is 177 cm³/mol. The number of nitriles is 2. The fourth-order valence-corrected chi connectivity index (χ4v) is 5.03. The molecule has 0 aromatic heterocycles. The van der Waals surface area contributed by atoms with Gasteiger partial charge in [0.05, 0.1) is 21.2 Å². The van der Waals surface area contributed by atoms with Crippen LogP contribution in [0.2, 0.25) is 10.0 Å². The first-order valence-electron chi connectivity index (χ1n) is 13.3. The SMILES string of the molecule is CSc1ccc(Oc2ccc(C#N)c(Cl)c2)c(C)c1.Cc1ccc(-c2ccc(Oc3ccc(C#N)c(Cl)c3)c(C)c2)cc1. The predicted octanol–water partition coefficient (Wildman–Crippen LogP) is 11.3. The molecule has 7 heteroatoms. The van der Waals surface area contributed by atoms with Crippen molar-refractivity contribution in [2.24, 2.45) is 0 Å². The number of aryl methyl sites for hydroxylation is 3. The van der Waals surface area contributed by atoms with Crippen molar-refractivity contribution in [3.8, 4) is 46.3 Å². The average Bonchev–Trinajstić information content (AvgIpc) is 3.00. The summed E-state index contributed by atoms with van der Waals surface area (Å²) in [5, 5.41) is 18.5. The Kier molecular flexibility index (Phi) is 10.8. The molecular weight excluding hydrogens is 595 g/mol. The van der Waals surface area contributed by atoms with Crippen molar-refractivity contribution in [1.29, 1.82) is 10.5 Å². The smallest absolute Gasteiger partial charge is 0.130 e. The highest BCUT2D eigenvalue weighted by atomic mass is 35.5. The van der Waals surface area contributed by atoms with Crippen molar-refractivity contribution in [3.63, 3.8) is 0 Å². The number of ether oxygens (including phenoxy) is 2. The largest absolute Gasteiger partial charge is 0.457 e. The molecule has 0 atom stereocenters. The van der Waals surface area contributed by atoms with Gasteiger partial charge in [0.2, 0.25) is 0 Å². The quantitative estimate of drug-likeness (QED) is 0.176. The van der Waals surface area contributed by atoms with Gasteiger partial charge in [0, 0.05) is 17.0 Å². The van der Waals surface area contributed by atoms with Crippen molar-refractivity contribution in [1.82, 2.24) is 0 Å². The van der Waals surface area contributed by atoms with Gasteiger partial charge in [0.25, 0.3) is 0 Å². The van der Waals surface area contributed by atoms with Crippen LogP contribution in [0.5, 0.6) is 23.0 Å². The molecule has 0 spiro atoms. The van der Waals surface area contributed by atoms with Gasteiger partial charge in [-0.05, 0) is 104 Å². The summed E-state index contributed by atoms with van der Waals surface area (Å²) in [6.07, 6.45) is 2.04. The van der Waals surface area contributed by atoms with Crippen LogP contribution in [0, 0.1) is 43.4 Å². The van der Waals surface area contributed by atoms with Crippen LogP contribution >= 0.6 is 35.0 Å². The highest BCUT2D eigenvalue weighted by Gasteiger charge is 2.08. The van der Waals surface area contributed by atoms with E-state index in [-0.39, 0.29) is 0 Å². The van der Waals surface area contributed by atoms with Gasteiger partial charge in [-0.25, -0.2) is 0 Å². The fourth-order valence-electron chi connectivity index (χ4n) is 4.11. The molecule has 0 N–H and O–H groups in total. The molecule has 5 rings (SSSR count). The zero-order valence-corrected chi connectivity index (χ0v) is 26.4. The molecule has 5 aromatic rings. The van der Waals surface area contributed by atoms with Crippen molar-refractivity contribution in [3.05, 3.63) is 135 Å². The Morgan fingerprint density at radius 1 is 0.581 bits per heavy atom. The van der Waals surface area contributed by atoms with Crippen LogP contribution in [-0.4, -0.2) is 6.26 Å². The lowest BCUT2D eigenvalue weighted by atomic mass is 10.0. The Morgan fingerprint density at radius 3 is 1.51 bits per heavy atom. The average molecular weight is 624 g/mol. The van der Waals surface area contributed by atoms with E-state index in [0.29, 0.717) is 32.7 Å². The van der Waals surface area contributed by atoms with Crippen molar-refractivity contribution >= 4 is 35.0 Å². The molecule has 0 aliphatic carbocycles. The van der Waals surface area contributed by atoms with E-state index >= 15 is 0 Å². The van der Waals surface area contributed by atoms with E-state index in [0.717, 1.165) is 28.2 Å². The number of hydrogen-bond donors (Lipinski definition) is 0. The van der Waals surface area contributed by atoms with Crippen LogP contribution in [0.25, 0.3) is 11.1 Å². The van der Waals surface area contributed by atoms with E-state index in [4.69, 9.17) is 43.2 Å². The molecule has 0 saturated heterocycles. The maximum absolute atomic E-state index is 8.92.